The second-order valence-corrected chi connectivity index (χ2v) is 6.63. The van der Waals surface area contributed by atoms with Crippen LogP contribution in [0, 0.1) is 0 Å². The van der Waals surface area contributed by atoms with Gasteiger partial charge < -0.3 is 19.9 Å². The molecule has 0 amide bonds. The maximum absolute atomic E-state index is 9.05. The average Bonchev–Trinajstić information content (AvgIpc) is 3.18. The van der Waals surface area contributed by atoms with Crippen molar-refractivity contribution in [3.63, 3.8) is 0 Å². The number of aromatic nitrogens is 5. The van der Waals surface area contributed by atoms with E-state index >= 15 is 0 Å². The fraction of sp³-hybridized carbons (Fsp3) is 0.474. The van der Waals surface area contributed by atoms with Gasteiger partial charge in [0.05, 0.1) is 13.4 Å². The minimum absolute atomic E-state index is 0.0687. The van der Waals surface area contributed by atoms with Crippen molar-refractivity contribution in [2.75, 3.05) is 32.2 Å². The van der Waals surface area contributed by atoms with Gasteiger partial charge in [-0.15, -0.1) is 0 Å². The molecule has 3 aromatic rings. The van der Waals surface area contributed by atoms with Crippen LogP contribution in [0.3, 0.4) is 0 Å². The Hall–Kier alpha value is -2.78. The Balaban J connectivity index is 1.78. The lowest BCUT2D eigenvalue weighted by atomic mass is 10.1. The van der Waals surface area contributed by atoms with Gasteiger partial charge in [-0.3, -0.25) is 4.57 Å². The number of anilines is 1. The molecule has 2 N–H and O–H groups in total. The van der Waals surface area contributed by atoms with Gasteiger partial charge in [0.15, 0.2) is 5.65 Å². The van der Waals surface area contributed by atoms with Crippen LogP contribution in [0.1, 0.15) is 31.9 Å². The summed E-state index contributed by atoms with van der Waals surface area (Å²) < 4.78 is 13.1. The molecule has 3 aromatic heterocycles. The molecule has 0 bridgehead atoms. The molecular formula is C19H24N6O3. The van der Waals surface area contributed by atoms with Gasteiger partial charge in [0.2, 0.25) is 11.8 Å². The first-order valence-corrected chi connectivity index (χ1v) is 9.51. The molecule has 9 nitrogen and oxygen atoms in total. The van der Waals surface area contributed by atoms with Crippen molar-refractivity contribution < 1.29 is 14.6 Å². The highest BCUT2D eigenvalue weighted by Gasteiger charge is 2.22. The van der Waals surface area contributed by atoms with Crippen molar-refractivity contribution in [1.82, 2.24) is 24.5 Å². The van der Waals surface area contributed by atoms with Crippen LogP contribution in [0.4, 0.5) is 5.95 Å². The zero-order valence-electron chi connectivity index (χ0n) is 15.8. The Bertz CT molecular complexity index is 921. The summed E-state index contributed by atoms with van der Waals surface area (Å²) in [6.45, 7) is 1.43. The molecular weight excluding hydrogens is 360 g/mol. The highest BCUT2D eigenvalue weighted by Crippen LogP contribution is 2.31. The summed E-state index contributed by atoms with van der Waals surface area (Å²) in [5.74, 6) is 1.03. The Labute approximate surface area is 162 Å². The van der Waals surface area contributed by atoms with E-state index in [1.54, 1.807) is 25.7 Å². The van der Waals surface area contributed by atoms with Crippen molar-refractivity contribution in [2.24, 2.45) is 0 Å². The zero-order valence-corrected chi connectivity index (χ0v) is 15.8. The molecule has 0 aliphatic carbocycles. The number of hydrogen-bond acceptors (Lipinski definition) is 8. The second kappa shape index (κ2) is 8.49. The highest BCUT2D eigenvalue weighted by atomic mass is 16.5. The van der Waals surface area contributed by atoms with Crippen LogP contribution in [0.5, 0.6) is 5.88 Å². The second-order valence-electron chi connectivity index (χ2n) is 6.63. The minimum Gasteiger partial charge on any atom is -0.481 e. The van der Waals surface area contributed by atoms with Gasteiger partial charge in [0.1, 0.15) is 17.4 Å². The zero-order chi connectivity index (χ0) is 19.3. The van der Waals surface area contributed by atoms with Gasteiger partial charge in [0, 0.05) is 37.6 Å². The van der Waals surface area contributed by atoms with Crippen molar-refractivity contribution >= 4 is 17.1 Å². The van der Waals surface area contributed by atoms with E-state index in [2.05, 4.69) is 25.3 Å². The third-order valence-corrected chi connectivity index (χ3v) is 4.72. The number of imidazole rings is 1. The molecule has 0 spiro atoms. The fourth-order valence-electron chi connectivity index (χ4n) is 3.27. The van der Waals surface area contributed by atoms with Gasteiger partial charge in [-0.05, 0) is 31.7 Å². The van der Waals surface area contributed by atoms with Gasteiger partial charge >= 0.3 is 0 Å². The van der Waals surface area contributed by atoms with E-state index in [0.29, 0.717) is 36.0 Å². The van der Waals surface area contributed by atoms with E-state index in [9.17, 15) is 0 Å². The van der Waals surface area contributed by atoms with Crippen LogP contribution in [0.25, 0.3) is 22.4 Å². The summed E-state index contributed by atoms with van der Waals surface area (Å²) in [6, 6.07) is 3.70. The van der Waals surface area contributed by atoms with Crippen LogP contribution in [0.2, 0.25) is 0 Å². The number of nitrogens with zero attached hydrogens (tertiary/aromatic N) is 5. The number of hydrogen-bond donors (Lipinski definition) is 2. The van der Waals surface area contributed by atoms with Crippen LogP contribution in [-0.4, -0.2) is 56.5 Å². The minimum atomic E-state index is -0.0687. The summed E-state index contributed by atoms with van der Waals surface area (Å²) in [6.07, 6.45) is 7.16. The van der Waals surface area contributed by atoms with Crippen LogP contribution in [-0.2, 0) is 4.74 Å². The molecule has 1 atom stereocenters. The van der Waals surface area contributed by atoms with E-state index in [1.165, 1.54) is 0 Å². The Morgan fingerprint density at radius 1 is 1.29 bits per heavy atom. The molecule has 28 heavy (non-hydrogen) atoms. The van der Waals surface area contributed by atoms with Crippen LogP contribution < -0.4 is 10.1 Å². The van der Waals surface area contributed by atoms with E-state index in [0.717, 1.165) is 37.1 Å². The maximum atomic E-state index is 9.05. The predicted octanol–water partition coefficient (Wildman–Crippen LogP) is 2.39. The molecule has 1 aliphatic heterocycles. The average molecular weight is 384 g/mol. The smallest absolute Gasteiger partial charge is 0.225 e. The molecule has 9 heteroatoms. The summed E-state index contributed by atoms with van der Waals surface area (Å²) in [5.41, 5.74) is 2.95. The number of aliphatic hydroxyl groups excluding tert-OH is 1. The monoisotopic (exact) mass is 384 g/mol. The van der Waals surface area contributed by atoms with E-state index < -0.39 is 0 Å². The molecule has 4 heterocycles. The fourth-order valence-corrected chi connectivity index (χ4v) is 3.27. The molecule has 0 saturated carbocycles. The molecule has 1 aliphatic rings. The van der Waals surface area contributed by atoms with E-state index in [4.69, 9.17) is 14.6 Å². The van der Waals surface area contributed by atoms with Gasteiger partial charge in [0.25, 0.3) is 0 Å². The number of ether oxygens (including phenoxy) is 2. The molecule has 0 aromatic carbocycles. The van der Waals surface area contributed by atoms with Crippen molar-refractivity contribution in [1.29, 1.82) is 0 Å². The summed E-state index contributed by atoms with van der Waals surface area (Å²) >= 11 is 0. The topological polar surface area (TPSA) is 107 Å². The molecule has 148 valence electrons. The summed E-state index contributed by atoms with van der Waals surface area (Å²) in [4.78, 5) is 18.2. The Morgan fingerprint density at radius 3 is 2.93 bits per heavy atom. The van der Waals surface area contributed by atoms with Crippen molar-refractivity contribution in [3.05, 3.63) is 24.7 Å². The molecule has 4 rings (SSSR count). The third-order valence-electron chi connectivity index (χ3n) is 4.72. The van der Waals surface area contributed by atoms with Gasteiger partial charge in [-0.25, -0.2) is 15.0 Å². The van der Waals surface area contributed by atoms with Crippen molar-refractivity contribution in [2.45, 2.75) is 31.9 Å². The summed E-state index contributed by atoms with van der Waals surface area (Å²) in [7, 11) is 1.58. The number of nitrogens with one attached hydrogen (secondary N) is 1. The first kappa shape index (κ1) is 18.6. The lowest BCUT2D eigenvalue weighted by Gasteiger charge is -2.23. The maximum Gasteiger partial charge on any atom is 0.225 e. The number of methoxy groups -OCH3 is 1. The predicted molar refractivity (Wildman–Crippen MR) is 104 cm³/mol. The number of fused-ring (bicyclic) bond motifs is 1. The molecule has 1 fully saturated rings. The molecule has 0 radical (unpaired) electrons. The van der Waals surface area contributed by atoms with Crippen LogP contribution in [0.15, 0.2) is 24.7 Å². The van der Waals surface area contributed by atoms with Gasteiger partial charge in [-0.1, -0.05) is 0 Å². The Morgan fingerprint density at radius 2 is 2.21 bits per heavy atom. The van der Waals surface area contributed by atoms with E-state index in [1.807, 2.05) is 10.6 Å². The normalized spacial score (nSPS) is 17.0. The largest absolute Gasteiger partial charge is 0.481 e. The highest BCUT2D eigenvalue weighted by molar-refractivity contribution is 5.88. The van der Waals surface area contributed by atoms with Crippen molar-refractivity contribution in [3.8, 4) is 17.1 Å². The van der Waals surface area contributed by atoms with E-state index in [-0.39, 0.29) is 12.8 Å². The third kappa shape index (κ3) is 3.76. The Kier molecular flexibility index (Phi) is 5.63. The number of pyridine rings is 1. The number of rotatable bonds is 7. The van der Waals surface area contributed by atoms with Crippen LogP contribution >= 0.6 is 0 Å². The quantitative estimate of drug-likeness (QED) is 0.598. The standard InChI is InChI=1S/C19H24N6O3/c1-27-14-7-6-13(11-21-14)16-17-18(24-19(23-16)20-8-4-9-26)25(12-22-17)15-5-2-3-10-28-15/h6-7,11-12,15,26H,2-5,8-10H2,1H3,(H,20,23,24). The summed E-state index contributed by atoms with van der Waals surface area (Å²) in [5, 5.41) is 12.2. The first-order valence-electron chi connectivity index (χ1n) is 9.51. The molecule has 1 saturated heterocycles. The first-order chi connectivity index (χ1) is 13.8. The SMILES string of the molecule is COc1ccc(-c2nc(NCCCO)nc3c2ncn3C2CCCCO2)cn1. The lowest BCUT2D eigenvalue weighted by Crippen LogP contribution is -2.18. The number of aliphatic hydroxyl groups is 1. The lowest BCUT2D eigenvalue weighted by molar-refractivity contribution is -0.0298. The molecule has 1 unspecified atom stereocenters. The van der Waals surface area contributed by atoms with Gasteiger partial charge in [-0.2, -0.15) is 4.98 Å².